The highest BCUT2D eigenvalue weighted by Gasteiger charge is 2.20. The van der Waals surface area contributed by atoms with Gasteiger partial charge in [-0.05, 0) is 90.8 Å². The third-order valence-electron chi connectivity index (χ3n) is 6.45. The lowest BCUT2D eigenvalue weighted by atomic mass is 9.83. The van der Waals surface area contributed by atoms with Gasteiger partial charge >= 0.3 is 5.97 Å². The maximum absolute atomic E-state index is 12.1. The highest BCUT2D eigenvalue weighted by molar-refractivity contribution is 5.90. The van der Waals surface area contributed by atoms with Crippen LogP contribution in [0, 0.1) is 0 Å². The van der Waals surface area contributed by atoms with E-state index in [1.807, 2.05) is 24.3 Å². The highest BCUT2D eigenvalue weighted by atomic mass is 16.5. The zero-order valence-corrected chi connectivity index (χ0v) is 23.8. The lowest BCUT2D eigenvalue weighted by Crippen LogP contribution is -2.16. The van der Waals surface area contributed by atoms with Gasteiger partial charge in [-0.25, -0.2) is 4.79 Å². The molecule has 0 heterocycles. The number of Topliss-reactive ketones (excluding diaryl/α,β-unsaturated/α-hetero) is 1. The van der Waals surface area contributed by atoms with Gasteiger partial charge in [0.1, 0.15) is 11.5 Å². The predicted molar refractivity (Wildman–Crippen MR) is 158 cm³/mol. The van der Waals surface area contributed by atoms with Crippen molar-refractivity contribution in [3.05, 3.63) is 71.8 Å². The molecule has 0 saturated carbocycles. The van der Waals surface area contributed by atoms with Crippen molar-refractivity contribution in [2.75, 3.05) is 31.7 Å². The van der Waals surface area contributed by atoms with E-state index in [9.17, 15) is 9.59 Å². The quantitative estimate of drug-likeness (QED) is 0.182. The van der Waals surface area contributed by atoms with Gasteiger partial charge in [0.25, 0.3) is 0 Å². The third-order valence-corrected chi connectivity index (χ3v) is 6.45. The smallest absolute Gasteiger partial charge is 0.338 e. The lowest BCUT2D eigenvalue weighted by Gasteiger charge is -2.25. The van der Waals surface area contributed by atoms with Crippen LogP contribution >= 0.6 is 0 Å². The third kappa shape index (κ3) is 8.42. The van der Waals surface area contributed by atoms with Crippen molar-refractivity contribution < 1.29 is 24.2 Å². The molecule has 0 unspecified atom stereocenters. The number of ketones is 1. The number of anilines is 1. The molecule has 3 aromatic carbocycles. The maximum Gasteiger partial charge on any atom is 0.338 e. The van der Waals surface area contributed by atoms with E-state index in [1.54, 1.807) is 26.0 Å². The van der Waals surface area contributed by atoms with E-state index in [-0.39, 0.29) is 23.8 Å². The van der Waals surface area contributed by atoms with E-state index in [0.29, 0.717) is 38.2 Å². The fourth-order valence-corrected chi connectivity index (χ4v) is 4.33. The van der Waals surface area contributed by atoms with E-state index in [2.05, 4.69) is 50.4 Å². The Morgan fingerprint density at radius 2 is 1.59 bits per heavy atom. The van der Waals surface area contributed by atoms with E-state index < -0.39 is 0 Å². The van der Waals surface area contributed by atoms with Gasteiger partial charge in [0.2, 0.25) is 0 Å². The molecule has 0 aliphatic carbocycles. The van der Waals surface area contributed by atoms with Gasteiger partial charge in [-0.2, -0.15) is 0 Å². The van der Waals surface area contributed by atoms with Gasteiger partial charge in [-0.1, -0.05) is 45.0 Å². The molecule has 6 heteroatoms. The number of hydrogen-bond donors (Lipinski definition) is 2. The summed E-state index contributed by atoms with van der Waals surface area (Å²) in [6.45, 7) is 11.5. The summed E-state index contributed by atoms with van der Waals surface area (Å²) in [6.07, 6.45) is 1.93. The molecule has 3 rings (SSSR count). The number of carbonyl (C=O) groups excluding carboxylic acids is 2. The summed E-state index contributed by atoms with van der Waals surface area (Å²) in [5, 5.41) is 12.6. The van der Waals surface area contributed by atoms with Crippen molar-refractivity contribution in [1.29, 1.82) is 0 Å². The van der Waals surface area contributed by atoms with Crippen molar-refractivity contribution in [3.8, 4) is 28.0 Å². The topological polar surface area (TPSA) is 84.9 Å². The van der Waals surface area contributed by atoms with Crippen molar-refractivity contribution in [2.45, 2.75) is 59.3 Å². The van der Waals surface area contributed by atoms with Crippen LogP contribution in [0.5, 0.6) is 5.75 Å². The van der Waals surface area contributed by atoms with E-state index in [0.717, 1.165) is 45.7 Å². The van der Waals surface area contributed by atoms with E-state index in [4.69, 9.17) is 14.6 Å². The molecule has 0 radical (unpaired) electrons. The van der Waals surface area contributed by atoms with E-state index >= 15 is 0 Å². The molecular weight excluding hydrogens is 490 g/mol. The van der Waals surface area contributed by atoms with Gasteiger partial charge in [0, 0.05) is 30.8 Å². The van der Waals surface area contributed by atoms with E-state index in [1.165, 1.54) is 0 Å². The van der Waals surface area contributed by atoms with Crippen LogP contribution in [-0.4, -0.2) is 43.2 Å². The summed E-state index contributed by atoms with van der Waals surface area (Å²) < 4.78 is 11.3. The average molecular weight is 532 g/mol. The van der Waals surface area contributed by atoms with Crippen molar-refractivity contribution in [2.24, 2.45) is 0 Å². The summed E-state index contributed by atoms with van der Waals surface area (Å²) >= 11 is 0. The molecule has 6 nitrogen and oxygen atoms in total. The number of hydrogen-bond acceptors (Lipinski definition) is 6. The lowest BCUT2D eigenvalue weighted by molar-refractivity contribution is -0.116. The number of aliphatic hydroxyl groups excluding tert-OH is 1. The molecule has 0 spiro atoms. The summed E-state index contributed by atoms with van der Waals surface area (Å²) in [7, 11) is 0. The van der Waals surface area contributed by atoms with Gasteiger partial charge in [0.05, 0.1) is 18.8 Å². The fraction of sp³-hybridized carbons (Fsp3) is 0.394. The number of esters is 1. The van der Waals surface area contributed by atoms with Crippen LogP contribution in [0.1, 0.15) is 69.8 Å². The number of aliphatic hydroxyl groups is 1. The van der Waals surface area contributed by atoms with Crippen molar-refractivity contribution in [3.63, 3.8) is 0 Å². The first-order valence-corrected chi connectivity index (χ1v) is 13.7. The monoisotopic (exact) mass is 531 g/mol. The molecule has 0 saturated heterocycles. The van der Waals surface area contributed by atoms with Gasteiger partial charge in [-0.3, -0.25) is 4.79 Å². The average Bonchev–Trinajstić information content (AvgIpc) is 2.91. The van der Waals surface area contributed by atoms with Crippen molar-refractivity contribution in [1.82, 2.24) is 0 Å². The first-order valence-electron chi connectivity index (χ1n) is 13.7. The van der Waals surface area contributed by atoms with Gasteiger partial charge in [-0.15, -0.1) is 0 Å². The Bertz CT molecular complexity index is 1260. The Morgan fingerprint density at radius 1 is 0.897 bits per heavy atom. The van der Waals surface area contributed by atoms with Crippen LogP contribution in [0.3, 0.4) is 0 Å². The molecule has 0 aliphatic rings. The number of nitrogens with one attached hydrogen (secondary N) is 1. The molecule has 0 bridgehead atoms. The number of rotatable bonds is 13. The second-order valence-electron chi connectivity index (χ2n) is 10.7. The molecular formula is C33H41NO5. The molecule has 208 valence electrons. The van der Waals surface area contributed by atoms with Crippen molar-refractivity contribution >= 4 is 17.4 Å². The fourth-order valence-electron chi connectivity index (χ4n) is 4.33. The summed E-state index contributed by atoms with van der Waals surface area (Å²) in [5.41, 5.74) is 6.54. The predicted octanol–water partition coefficient (Wildman–Crippen LogP) is 7.04. The normalized spacial score (nSPS) is 11.2. The Balaban J connectivity index is 2.02. The highest BCUT2D eigenvalue weighted by Crippen LogP contribution is 2.39. The molecule has 2 N–H and O–H groups in total. The SMILES string of the molecule is CCOC(=O)c1ccc(-c2ccc(OCCCCO)c(-c3ccc(NCCC(C)=O)c(C(C)(C)C)c3)c2)cc1. The summed E-state index contributed by atoms with van der Waals surface area (Å²) in [5.74, 6) is 0.603. The molecule has 39 heavy (non-hydrogen) atoms. The zero-order chi connectivity index (χ0) is 28.4. The summed E-state index contributed by atoms with van der Waals surface area (Å²) in [4.78, 5) is 23.5. The van der Waals surface area contributed by atoms with Crippen LogP contribution in [0.2, 0.25) is 0 Å². The Hall–Kier alpha value is -3.64. The first kappa shape index (κ1) is 29.9. The van der Waals surface area contributed by atoms with Crippen LogP contribution in [0.4, 0.5) is 5.69 Å². The zero-order valence-electron chi connectivity index (χ0n) is 23.8. The van der Waals surface area contributed by atoms with Gasteiger partial charge in [0.15, 0.2) is 0 Å². The standard InChI is InChI=1S/C33H41NO5/c1-6-38-32(37)25-11-9-24(10-12-25)26-14-16-31(39-20-8-7-19-35)28(21-26)27-13-15-30(34-18-17-23(2)36)29(22-27)33(3,4)5/h9-16,21-22,34-35H,6-8,17-20H2,1-5H3. The molecule has 0 aliphatic heterocycles. The molecule has 0 aromatic heterocycles. The molecule has 0 amide bonds. The minimum atomic E-state index is -0.330. The number of carbonyl (C=O) groups is 2. The maximum atomic E-state index is 12.1. The molecule has 0 fully saturated rings. The molecule has 3 aromatic rings. The first-order chi connectivity index (χ1) is 18.6. The Morgan fingerprint density at radius 3 is 2.23 bits per heavy atom. The Labute approximate surface area is 232 Å². The number of ether oxygens (including phenoxy) is 2. The van der Waals surface area contributed by atoms with Crippen LogP contribution in [-0.2, 0) is 14.9 Å². The summed E-state index contributed by atoms with van der Waals surface area (Å²) in [6, 6.07) is 19.9. The minimum Gasteiger partial charge on any atom is -0.493 e. The largest absolute Gasteiger partial charge is 0.493 e. The number of unbranched alkanes of at least 4 members (excludes halogenated alkanes) is 1. The number of benzene rings is 3. The molecule has 0 atom stereocenters. The van der Waals surface area contributed by atoms with Crippen LogP contribution in [0.25, 0.3) is 22.3 Å². The Kier molecular flexibility index (Phi) is 10.7. The van der Waals surface area contributed by atoms with Crippen LogP contribution < -0.4 is 10.1 Å². The minimum absolute atomic E-state index is 0.128. The van der Waals surface area contributed by atoms with Crippen LogP contribution in [0.15, 0.2) is 60.7 Å². The van der Waals surface area contributed by atoms with Gasteiger partial charge < -0.3 is 19.9 Å². The second-order valence-corrected chi connectivity index (χ2v) is 10.7. The second kappa shape index (κ2) is 13.9.